The molecule has 0 aromatic heterocycles. The van der Waals surface area contributed by atoms with E-state index >= 15 is 0 Å². The van der Waals surface area contributed by atoms with Crippen molar-refractivity contribution in [2.45, 2.75) is 20.0 Å². The van der Waals surface area contributed by atoms with Crippen LogP contribution in [-0.2, 0) is 6.18 Å². The Kier molecular flexibility index (Phi) is 4.32. The first-order chi connectivity index (χ1) is 8.57. The fraction of sp³-hybridized carbons (Fsp3) is 0.455. The fourth-order valence-electron chi connectivity index (χ4n) is 1.24. The van der Waals surface area contributed by atoms with Crippen LogP contribution < -0.4 is 4.74 Å². The van der Waals surface area contributed by atoms with Crippen LogP contribution in [0.25, 0.3) is 0 Å². The normalized spacial score (nSPS) is 12.1. The van der Waals surface area contributed by atoms with Crippen LogP contribution in [0.3, 0.4) is 0 Å². The van der Waals surface area contributed by atoms with Crippen molar-refractivity contribution in [1.29, 1.82) is 0 Å². The molecule has 0 atom stereocenters. The first-order valence-electron chi connectivity index (χ1n) is 5.13. The van der Waals surface area contributed by atoms with Gasteiger partial charge in [-0.15, -0.1) is 0 Å². The number of rotatable bonds is 3. The van der Waals surface area contributed by atoms with Gasteiger partial charge in [-0.05, 0) is 5.92 Å². The van der Waals surface area contributed by atoms with Gasteiger partial charge in [0.05, 0.1) is 6.61 Å². The molecule has 0 heterocycles. The molecule has 0 aliphatic heterocycles. The fourth-order valence-corrected chi connectivity index (χ4v) is 1.24. The van der Waals surface area contributed by atoms with Gasteiger partial charge in [0.25, 0.3) is 0 Å². The molecular formula is C11H9F7O. The SMILES string of the molecule is CC(C)COc1c(F)c(F)c(C(F)(F)F)c(F)c1F. The highest BCUT2D eigenvalue weighted by Gasteiger charge is 2.42. The third-order valence-electron chi connectivity index (χ3n) is 2.07. The van der Waals surface area contributed by atoms with Crippen LogP contribution >= 0.6 is 0 Å². The number of benzene rings is 1. The van der Waals surface area contributed by atoms with Gasteiger partial charge in [-0.1, -0.05) is 13.8 Å². The minimum absolute atomic E-state index is 0.243. The average Bonchev–Trinajstić information content (AvgIpc) is 2.24. The van der Waals surface area contributed by atoms with Crippen molar-refractivity contribution in [3.63, 3.8) is 0 Å². The molecule has 0 spiro atoms. The summed E-state index contributed by atoms with van der Waals surface area (Å²) in [7, 11) is 0. The van der Waals surface area contributed by atoms with E-state index in [1.54, 1.807) is 13.8 Å². The van der Waals surface area contributed by atoms with Crippen molar-refractivity contribution in [1.82, 2.24) is 0 Å². The quantitative estimate of drug-likeness (QED) is 0.596. The third-order valence-corrected chi connectivity index (χ3v) is 2.07. The van der Waals surface area contributed by atoms with E-state index in [2.05, 4.69) is 4.74 Å². The lowest BCUT2D eigenvalue weighted by Crippen LogP contribution is -2.17. The molecule has 0 bridgehead atoms. The highest BCUT2D eigenvalue weighted by Crippen LogP contribution is 2.39. The summed E-state index contributed by atoms with van der Waals surface area (Å²) in [5.41, 5.74) is -2.61. The maximum atomic E-state index is 13.3. The average molecular weight is 290 g/mol. The van der Waals surface area contributed by atoms with Gasteiger partial charge in [0.1, 0.15) is 5.56 Å². The largest absolute Gasteiger partial charge is 0.487 e. The molecule has 8 heteroatoms. The van der Waals surface area contributed by atoms with E-state index < -0.39 is 40.8 Å². The molecule has 0 saturated heterocycles. The lowest BCUT2D eigenvalue weighted by molar-refractivity contribution is -0.143. The van der Waals surface area contributed by atoms with Gasteiger partial charge < -0.3 is 4.74 Å². The van der Waals surface area contributed by atoms with Crippen LogP contribution in [0.1, 0.15) is 19.4 Å². The van der Waals surface area contributed by atoms with Crippen molar-refractivity contribution in [3.05, 3.63) is 28.8 Å². The topological polar surface area (TPSA) is 9.23 Å². The Labute approximate surface area is 104 Å². The lowest BCUT2D eigenvalue weighted by Gasteiger charge is -2.15. The number of halogens is 7. The molecule has 0 aliphatic rings. The van der Waals surface area contributed by atoms with Crippen LogP contribution in [0.2, 0.25) is 0 Å². The van der Waals surface area contributed by atoms with Crippen LogP contribution in [-0.4, -0.2) is 6.61 Å². The summed E-state index contributed by atoms with van der Waals surface area (Å²) in [6, 6.07) is 0. The van der Waals surface area contributed by atoms with E-state index in [9.17, 15) is 30.7 Å². The van der Waals surface area contributed by atoms with Crippen LogP contribution in [0, 0.1) is 29.2 Å². The number of alkyl halides is 3. The highest BCUT2D eigenvalue weighted by molar-refractivity contribution is 5.35. The molecule has 1 nitrogen and oxygen atoms in total. The van der Waals surface area contributed by atoms with Crippen molar-refractivity contribution in [3.8, 4) is 5.75 Å². The smallest absolute Gasteiger partial charge is 0.422 e. The Morgan fingerprint density at radius 2 is 1.32 bits per heavy atom. The Morgan fingerprint density at radius 1 is 0.895 bits per heavy atom. The second kappa shape index (κ2) is 5.26. The summed E-state index contributed by atoms with van der Waals surface area (Å²) in [5.74, 6) is -11.2. The van der Waals surface area contributed by atoms with Gasteiger partial charge in [-0.3, -0.25) is 0 Å². The van der Waals surface area contributed by atoms with Crippen molar-refractivity contribution in [2.75, 3.05) is 6.61 Å². The predicted octanol–water partition coefficient (Wildman–Crippen LogP) is 4.30. The van der Waals surface area contributed by atoms with Gasteiger partial charge >= 0.3 is 6.18 Å². The van der Waals surface area contributed by atoms with E-state index in [0.29, 0.717) is 0 Å². The molecule has 0 N–H and O–H groups in total. The van der Waals surface area contributed by atoms with Gasteiger partial charge in [-0.25, -0.2) is 8.78 Å². The van der Waals surface area contributed by atoms with Gasteiger partial charge in [-0.2, -0.15) is 22.0 Å². The van der Waals surface area contributed by atoms with E-state index in [1.165, 1.54) is 0 Å². The molecule has 0 radical (unpaired) electrons. The van der Waals surface area contributed by atoms with Crippen molar-refractivity contribution < 1.29 is 35.5 Å². The first kappa shape index (κ1) is 15.6. The van der Waals surface area contributed by atoms with Crippen LogP contribution in [0.15, 0.2) is 0 Å². The zero-order valence-electron chi connectivity index (χ0n) is 9.84. The first-order valence-corrected chi connectivity index (χ1v) is 5.13. The minimum atomic E-state index is -5.55. The summed E-state index contributed by atoms with van der Waals surface area (Å²) in [6.45, 7) is 2.84. The van der Waals surface area contributed by atoms with Crippen molar-refractivity contribution >= 4 is 0 Å². The maximum Gasteiger partial charge on any atom is 0.422 e. The molecule has 0 unspecified atom stereocenters. The molecule has 1 aromatic rings. The standard InChI is InChI=1S/C11H9F7O/c1-4(2)3-19-10-8(14)6(12)5(11(16,17)18)7(13)9(10)15/h4H,3H2,1-2H3. The second-order valence-corrected chi connectivity index (χ2v) is 4.16. The van der Waals surface area contributed by atoms with E-state index in [-0.39, 0.29) is 12.5 Å². The molecule has 1 aromatic carbocycles. The zero-order chi connectivity index (χ0) is 15.0. The van der Waals surface area contributed by atoms with Gasteiger partial charge in [0.2, 0.25) is 11.6 Å². The van der Waals surface area contributed by atoms with E-state index in [0.717, 1.165) is 0 Å². The Bertz CT molecular complexity index is 450. The third kappa shape index (κ3) is 3.10. The Balaban J connectivity index is 3.39. The van der Waals surface area contributed by atoms with Crippen LogP contribution in [0.4, 0.5) is 30.7 Å². The minimum Gasteiger partial charge on any atom is -0.487 e. The summed E-state index contributed by atoms with van der Waals surface area (Å²) in [6.07, 6.45) is -5.55. The molecule has 0 saturated carbocycles. The predicted molar refractivity (Wildman–Crippen MR) is 51.6 cm³/mol. The molecule has 108 valence electrons. The summed E-state index contributed by atoms with van der Waals surface area (Å²) in [4.78, 5) is 0. The Hall–Kier alpha value is -1.47. The molecule has 0 aliphatic carbocycles. The maximum absolute atomic E-state index is 13.3. The summed E-state index contributed by atoms with van der Waals surface area (Å²) in [5, 5.41) is 0. The van der Waals surface area contributed by atoms with Gasteiger partial charge in [0.15, 0.2) is 17.4 Å². The molecule has 0 amide bonds. The molecule has 1 rings (SSSR count). The summed E-state index contributed by atoms with van der Waals surface area (Å²) >= 11 is 0. The number of ether oxygens (including phenoxy) is 1. The lowest BCUT2D eigenvalue weighted by atomic mass is 10.1. The van der Waals surface area contributed by atoms with Crippen molar-refractivity contribution in [2.24, 2.45) is 5.92 Å². The summed E-state index contributed by atoms with van der Waals surface area (Å²) < 4.78 is 94.1. The monoisotopic (exact) mass is 290 g/mol. The second-order valence-electron chi connectivity index (χ2n) is 4.16. The highest BCUT2D eigenvalue weighted by atomic mass is 19.4. The molecule has 19 heavy (non-hydrogen) atoms. The number of hydrogen-bond donors (Lipinski definition) is 0. The zero-order valence-corrected chi connectivity index (χ0v) is 9.84. The van der Waals surface area contributed by atoms with Gasteiger partial charge in [0, 0.05) is 0 Å². The Morgan fingerprint density at radius 3 is 1.63 bits per heavy atom. The molecular weight excluding hydrogens is 281 g/mol. The number of hydrogen-bond acceptors (Lipinski definition) is 1. The van der Waals surface area contributed by atoms with E-state index in [1.807, 2.05) is 0 Å². The van der Waals surface area contributed by atoms with E-state index in [4.69, 9.17) is 0 Å². The molecule has 0 fully saturated rings. The van der Waals surface area contributed by atoms with Crippen LogP contribution in [0.5, 0.6) is 5.75 Å².